The van der Waals surface area contributed by atoms with E-state index in [0.717, 1.165) is 17.1 Å². The molecule has 0 aliphatic heterocycles. The van der Waals surface area contributed by atoms with E-state index in [4.69, 9.17) is 18.6 Å². The first-order valence-corrected chi connectivity index (χ1v) is 8.06. The molecule has 0 bridgehead atoms. The van der Waals surface area contributed by atoms with Crippen molar-refractivity contribution in [3.63, 3.8) is 0 Å². The molecule has 0 aliphatic carbocycles. The van der Waals surface area contributed by atoms with E-state index in [1.54, 1.807) is 33.3 Å². The number of furan rings is 1. The number of aryl methyl sites for hydroxylation is 2. The van der Waals surface area contributed by atoms with Crippen LogP contribution >= 0.6 is 0 Å². The number of benzene rings is 1. The summed E-state index contributed by atoms with van der Waals surface area (Å²) in [4.78, 5) is 14.0. The first-order chi connectivity index (χ1) is 12.0. The summed E-state index contributed by atoms with van der Waals surface area (Å²) in [6.07, 6.45) is 0.964. The van der Waals surface area contributed by atoms with E-state index in [0.29, 0.717) is 36.6 Å². The van der Waals surface area contributed by atoms with Gasteiger partial charge >= 0.3 is 0 Å². The van der Waals surface area contributed by atoms with Crippen molar-refractivity contribution >= 4 is 5.91 Å². The third-order valence-electron chi connectivity index (χ3n) is 3.97. The van der Waals surface area contributed by atoms with Crippen LogP contribution in [0.4, 0.5) is 0 Å². The van der Waals surface area contributed by atoms with Crippen LogP contribution in [0.15, 0.2) is 28.7 Å². The molecule has 0 saturated heterocycles. The number of ether oxygens (including phenoxy) is 3. The molecule has 1 aromatic heterocycles. The number of methoxy groups -OCH3 is 3. The maximum Gasteiger partial charge on any atom is 0.223 e. The maximum atomic E-state index is 12.4. The summed E-state index contributed by atoms with van der Waals surface area (Å²) >= 11 is 0. The van der Waals surface area contributed by atoms with Crippen molar-refractivity contribution in [2.24, 2.45) is 0 Å². The molecular weight excluding hydrogens is 322 g/mol. The van der Waals surface area contributed by atoms with Gasteiger partial charge in [-0.05, 0) is 43.2 Å². The summed E-state index contributed by atoms with van der Waals surface area (Å²) in [5.41, 5.74) is 0.949. The van der Waals surface area contributed by atoms with Crippen LogP contribution < -0.4 is 14.2 Å². The Labute approximate surface area is 148 Å². The number of nitrogens with zero attached hydrogens (tertiary/aromatic N) is 1. The van der Waals surface area contributed by atoms with Crippen LogP contribution in [0.5, 0.6) is 17.2 Å². The maximum absolute atomic E-state index is 12.4. The molecule has 1 amide bonds. The normalized spacial score (nSPS) is 10.4. The second kappa shape index (κ2) is 8.46. The molecule has 0 N–H and O–H groups in total. The van der Waals surface area contributed by atoms with E-state index in [2.05, 4.69) is 0 Å². The summed E-state index contributed by atoms with van der Waals surface area (Å²) < 4.78 is 21.5. The van der Waals surface area contributed by atoms with E-state index >= 15 is 0 Å². The Hall–Kier alpha value is -2.63. The van der Waals surface area contributed by atoms with Gasteiger partial charge in [-0.25, -0.2) is 0 Å². The van der Waals surface area contributed by atoms with Crippen molar-refractivity contribution < 1.29 is 23.4 Å². The van der Waals surface area contributed by atoms with E-state index in [9.17, 15) is 4.79 Å². The number of hydrogen-bond donors (Lipinski definition) is 0. The largest absolute Gasteiger partial charge is 0.493 e. The first kappa shape index (κ1) is 18.7. The SMILES string of the molecule is COc1cc(CCC(=O)N(C)Cc2ccc(C)o2)cc(OC)c1OC. The smallest absolute Gasteiger partial charge is 0.223 e. The summed E-state index contributed by atoms with van der Waals surface area (Å²) in [6, 6.07) is 7.51. The van der Waals surface area contributed by atoms with Gasteiger partial charge in [0.15, 0.2) is 11.5 Å². The summed E-state index contributed by atoms with van der Waals surface area (Å²) in [6.45, 7) is 2.34. The Morgan fingerprint density at radius 1 is 1.08 bits per heavy atom. The predicted octanol–water partition coefficient (Wildman–Crippen LogP) is 3.21. The summed E-state index contributed by atoms with van der Waals surface area (Å²) in [5.74, 6) is 3.38. The lowest BCUT2D eigenvalue weighted by Crippen LogP contribution is -2.26. The minimum atomic E-state index is 0.0443. The van der Waals surface area contributed by atoms with Crippen molar-refractivity contribution in [3.8, 4) is 17.2 Å². The molecule has 0 fully saturated rings. The molecule has 136 valence electrons. The third-order valence-corrected chi connectivity index (χ3v) is 3.97. The molecule has 0 unspecified atom stereocenters. The van der Waals surface area contributed by atoms with Gasteiger partial charge in [-0.3, -0.25) is 4.79 Å². The van der Waals surface area contributed by atoms with Crippen molar-refractivity contribution in [3.05, 3.63) is 41.3 Å². The van der Waals surface area contributed by atoms with E-state index in [1.165, 1.54) is 0 Å². The minimum absolute atomic E-state index is 0.0443. The van der Waals surface area contributed by atoms with E-state index in [1.807, 2.05) is 31.2 Å². The number of rotatable bonds is 8. The third kappa shape index (κ3) is 4.68. The zero-order chi connectivity index (χ0) is 18.4. The van der Waals surface area contributed by atoms with Crippen LogP contribution in [0.3, 0.4) is 0 Å². The van der Waals surface area contributed by atoms with Crippen LogP contribution in [0.1, 0.15) is 23.5 Å². The molecular formula is C19H25NO5. The molecule has 1 heterocycles. The average Bonchev–Trinajstić information content (AvgIpc) is 3.03. The monoisotopic (exact) mass is 347 g/mol. The molecule has 6 heteroatoms. The van der Waals surface area contributed by atoms with Gasteiger partial charge in [0.25, 0.3) is 0 Å². The van der Waals surface area contributed by atoms with Crippen molar-refractivity contribution in [2.45, 2.75) is 26.3 Å². The van der Waals surface area contributed by atoms with Crippen molar-refractivity contribution in [1.29, 1.82) is 0 Å². The standard InChI is InChI=1S/C19H25NO5/c1-13-6-8-15(25-13)12-20(2)18(21)9-7-14-10-16(22-3)19(24-5)17(11-14)23-4/h6,8,10-11H,7,9,12H2,1-5H3. The fourth-order valence-corrected chi connectivity index (χ4v) is 2.61. The topological polar surface area (TPSA) is 61.1 Å². The predicted molar refractivity (Wildman–Crippen MR) is 94.3 cm³/mol. The van der Waals surface area contributed by atoms with E-state index < -0.39 is 0 Å². The zero-order valence-electron chi connectivity index (χ0n) is 15.4. The second-order valence-corrected chi connectivity index (χ2v) is 5.80. The van der Waals surface area contributed by atoms with Crippen LogP contribution in [0.25, 0.3) is 0 Å². The minimum Gasteiger partial charge on any atom is -0.493 e. The molecule has 0 atom stereocenters. The average molecular weight is 347 g/mol. The molecule has 0 radical (unpaired) electrons. The highest BCUT2D eigenvalue weighted by molar-refractivity contribution is 5.76. The van der Waals surface area contributed by atoms with Gasteiger partial charge in [-0.2, -0.15) is 0 Å². The zero-order valence-corrected chi connectivity index (χ0v) is 15.4. The van der Waals surface area contributed by atoms with Gasteiger partial charge in [0.2, 0.25) is 11.7 Å². The number of amides is 1. The molecule has 2 rings (SSSR count). The fraction of sp³-hybridized carbons (Fsp3) is 0.421. The van der Waals surface area contributed by atoms with Crippen LogP contribution in [0, 0.1) is 6.92 Å². The lowest BCUT2D eigenvalue weighted by molar-refractivity contribution is -0.130. The first-order valence-electron chi connectivity index (χ1n) is 8.06. The summed E-state index contributed by atoms with van der Waals surface area (Å²) in [7, 11) is 6.49. The Bertz CT molecular complexity index is 697. The van der Waals surface area contributed by atoms with Gasteiger partial charge in [0.05, 0.1) is 27.9 Å². The molecule has 0 spiro atoms. The van der Waals surface area contributed by atoms with Gasteiger partial charge < -0.3 is 23.5 Å². The molecule has 2 aromatic rings. The number of carbonyl (C=O) groups excluding carboxylic acids is 1. The van der Waals surface area contributed by atoms with E-state index in [-0.39, 0.29) is 5.91 Å². The molecule has 0 saturated carbocycles. The number of carbonyl (C=O) groups is 1. The van der Waals surface area contributed by atoms with Crippen LogP contribution in [-0.2, 0) is 17.8 Å². The van der Waals surface area contributed by atoms with Crippen molar-refractivity contribution in [2.75, 3.05) is 28.4 Å². The number of hydrogen-bond acceptors (Lipinski definition) is 5. The lowest BCUT2D eigenvalue weighted by atomic mass is 10.1. The lowest BCUT2D eigenvalue weighted by Gasteiger charge is -2.17. The van der Waals surface area contributed by atoms with Crippen LogP contribution in [-0.4, -0.2) is 39.2 Å². The molecule has 25 heavy (non-hydrogen) atoms. The second-order valence-electron chi connectivity index (χ2n) is 5.80. The fourth-order valence-electron chi connectivity index (χ4n) is 2.61. The molecule has 1 aromatic carbocycles. The Morgan fingerprint density at radius 2 is 1.72 bits per heavy atom. The highest BCUT2D eigenvalue weighted by Gasteiger charge is 2.15. The van der Waals surface area contributed by atoms with Gasteiger partial charge in [-0.15, -0.1) is 0 Å². The molecule has 0 aliphatic rings. The quantitative estimate of drug-likeness (QED) is 0.734. The van der Waals surface area contributed by atoms with Gasteiger partial charge in [0, 0.05) is 13.5 Å². The highest BCUT2D eigenvalue weighted by atomic mass is 16.5. The highest BCUT2D eigenvalue weighted by Crippen LogP contribution is 2.38. The van der Waals surface area contributed by atoms with Gasteiger partial charge in [0.1, 0.15) is 11.5 Å². The van der Waals surface area contributed by atoms with Gasteiger partial charge in [-0.1, -0.05) is 0 Å². The Balaban J connectivity index is 2.01. The molecule has 6 nitrogen and oxygen atoms in total. The Kier molecular flexibility index (Phi) is 6.33. The summed E-state index contributed by atoms with van der Waals surface area (Å²) in [5, 5.41) is 0. The van der Waals surface area contributed by atoms with Crippen molar-refractivity contribution in [1.82, 2.24) is 4.90 Å². The van der Waals surface area contributed by atoms with Crippen LogP contribution in [0.2, 0.25) is 0 Å². The Morgan fingerprint density at radius 3 is 2.20 bits per heavy atom.